The lowest BCUT2D eigenvalue weighted by atomic mass is 9.95. The Morgan fingerprint density at radius 2 is 2.00 bits per heavy atom. The van der Waals surface area contributed by atoms with Gasteiger partial charge < -0.3 is 15.5 Å². The summed E-state index contributed by atoms with van der Waals surface area (Å²) in [5.74, 6) is -0.103. The second-order valence-electron chi connectivity index (χ2n) is 6.62. The van der Waals surface area contributed by atoms with E-state index in [1.54, 1.807) is 36.2 Å². The lowest BCUT2D eigenvalue weighted by Crippen LogP contribution is -2.50. The summed E-state index contributed by atoms with van der Waals surface area (Å²) < 4.78 is 0.845. The molecule has 1 saturated heterocycles. The third kappa shape index (κ3) is 5.17. The van der Waals surface area contributed by atoms with Gasteiger partial charge in [-0.25, -0.2) is 4.98 Å². The number of piperidine rings is 1. The maximum atomic E-state index is 12.6. The number of carbonyl (C=O) groups excluding carboxylic acids is 3. The van der Waals surface area contributed by atoms with E-state index >= 15 is 0 Å². The highest BCUT2D eigenvalue weighted by Gasteiger charge is 2.30. The minimum atomic E-state index is -0.605. The van der Waals surface area contributed by atoms with E-state index in [0.717, 1.165) is 4.47 Å². The molecule has 3 heterocycles. The summed E-state index contributed by atoms with van der Waals surface area (Å²) in [5.41, 5.74) is 0. The van der Waals surface area contributed by atoms with E-state index in [0.29, 0.717) is 36.6 Å². The van der Waals surface area contributed by atoms with Crippen molar-refractivity contribution in [3.05, 3.63) is 45.2 Å². The first-order valence-electron chi connectivity index (χ1n) is 8.99. The molecule has 7 nitrogen and oxygen atoms in total. The number of carbonyl (C=O) groups is 3. The maximum absolute atomic E-state index is 12.6. The van der Waals surface area contributed by atoms with Gasteiger partial charge in [-0.3, -0.25) is 14.4 Å². The van der Waals surface area contributed by atoms with Crippen molar-refractivity contribution in [2.24, 2.45) is 5.92 Å². The van der Waals surface area contributed by atoms with Crippen molar-refractivity contribution in [1.29, 1.82) is 0 Å². The smallest absolute Gasteiger partial charge is 0.261 e. The van der Waals surface area contributed by atoms with Gasteiger partial charge in [0.1, 0.15) is 11.9 Å². The van der Waals surface area contributed by atoms with Gasteiger partial charge in [0.05, 0.1) is 4.88 Å². The lowest BCUT2D eigenvalue weighted by molar-refractivity contribution is -0.135. The van der Waals surface area contributed by atoms with Crippen molar-refractivity contribution in [3.8, 4) is 0 Å². The molecule has 3 amide bonds. The Labute approximate surface area is 175 Å². The molecule has 1 unspecified atom stereocenters. The molecule has 2 aromatic heterocycles. The number of pyridine rings is 1. The summed E-state index contributed by atoms with van der Waals surface area (Å²) in [6, 6.07) is 6.47. The van der Waals surface area contributed by atoms with Crippen LogP contribution in [0.5, 0.6) is 0 Å². The molecule has 2 aromatic rings. The topological polar surface area (TPSA) is 91.4 Å². The molecule has 0 spiro atoms. The van der Waals surface area contributed by atoms with Crippen molar-refractivity contribution < 1.29 is 14.4 Å². The van der Waals surface area contributed by atoms with Crippen molar-refractivity contribution in [2.75, 3.05) is 18.4 Å². The molecule has 148 valence electrons. The summed E-state index contributed by atoms with van der Waals surface area (Å²) in [6.07, 6.45) is 2.79. The molecule has 0 saturated carbocycles. The molecule has 1 fully saturated rings. The van der Waals surface area contributed by atoms with Gasteiger partial charge in [-0.1, -0.05) is 6.07 Å². The predicted molar refractivity (Wildman–Crippen MR) is 111 cm³/mol. The quantitative estimate of drug-likeness (QED) is 0.711. The summed E-state index contributed by atoms with van der Waals surface area (Å²) >= 11 is 4.64. The zero-order valence-corrected chi connectivity index (χ0v) is 17.8. The van der Waals surface area contributed by atoms with Crippen molar-refractivity contribution in [3.63, 3.8) is 0 Å². The number of aromatic nitrogens is 1. The molecule has 1 atom stereocenters. The van der Waals surface area contributed by atoms with Crippen LogP contribution in [0.2, 0.25) is 0 Å². The van der Waals surface area contributed by atoms with Crippen LogP contribution in [0.3, 0.4) is 0 Å². The standard InChI is InChI=1S/C19H21BrN4O3S/c1-12(22-18(26)15-3-2-10-28-15)19(27)24-8-6-13(7-9-24)17(25)23-16-5-4-14(20)11-21-16/h2-5,10-13H,6-9H2,1H3,(H,22,26)(H,21,23,25). The van der Waals surface area contributed by atoms with Gasteiger partial charge in [0, 0.05) is 29.7 Å². The highest BCUT2D eigenvalue weighted by Crippen LogP contribution is 2.20. The van der Waals surface area contributed by atoms with Crippen molar-refractivity contribution in [1.82, 2.24) is 15.2 Å². The van der Waals surface area contributed by atoms with Crippen LogP contribution < -0.4 is 10.6 Å². The fourth-order valence-electron chi connectivity index (χ4n) is 3.05. The second kappa shape index (κ2) is 9.29. The Kier molecular flexibility index (Phi) is 6.79. The lowest BCUT2D eigenvalue weighted by Gasteiger charge is -2.33. The molecule has 9 heteroatoms. The van der Waals surface area contributed by atoms with Crippen LogP contribution in [-0.2, 0) is 9.59 Å². The fourth-order valence-corrected chi connectivity index (χ4v) is 3.91. The summed E-state index contributed by atoms with van der Waals surface area (Å²) in [4.78, 5) is 43.6. The third-order valence-electron chi connectivity index (χ3n) is 4.62. The van der Waals surface area contributed by atoms with Gasteiger partial charge in [0.15, 0.2) is 0 Å². The second-order valence-corrected chi connectivity index (χ2v) is 8.49. The molecular weight excluding hydrogens is 444 g/mol. The summed E-state index contributed by atoms with van der Waals surface area (Å²) in [6.45, 7) is 2.67. The molecular formula is C19H21BrN4O3S. The number of hydrogen-bond donors (Lipinski definition) is 2. The zero-order chi connectivity index (χ0) is 20.1. The molecule has 28 heavy (non-hydrogen) atoms. The van der Waals surface area contributed by atoms with Crippen molar-refractivity contribution in [2.45, 2.75) is 25.8 Å². The molecule has 0 aromatic carbocycles. The number of rotatable bonds is 5. The van der Waals surface area contributed by atoms with Gasteiger partial charge in [-0.15, -0.1) is 11.3 Å². The van der Waals surface area contributed by atoms with E-state index < -0.39 is 6.04 Å². The van der Waals surface area contributed by atoms with Gasteiger partial charge in [-0.05, 0) is 59.3 Å². The first-order valence-corrected chi connectivity index (χ1v) is 10.7. The Hall–Kier alpha value is -2.26. The third-order valence-corrected chi connectivity index (χ3v) is 5.96. The number of halogens is 1. The number of anilines is 1. The van der Waals surface area contributed by atoms with Gasteiger partial charge in [-0.2, -0.15) is 0 Å². The largest absolute Gasteiger partial charge is 0.341 e. The van der Waals surface area contributed by atoms with E-state index in [1.807, 2.05) is 11.4 Å². The van der Waals surface area contributed by atoms with E-state index in [2.05, 4.69) is 31.5 Å². The van der Waals surface area contributed by atoms with Crippen LogP contribution >= 0.6 is 27.3 Å². The van der Waals surface area contributed by atoms with Crippen LogP contribution in [0.25, 0.3) is 0 Å². The average Bonchev–Trinajstić information content (AvgIpc) is 3.24. The van der Waals surface area contributed by atoms with Crippen LogP contribution in [-0.4, -0.2) is 46.7 Å². The van der Waals surface area contributed by atoms with E-state index in [9.17, 15) is 14.4 Å². The Morgan fingerprint density at radius 1 is 1.25 bits per heavy atom. The molecule has 1 aliphatic heterocycles. The average molecular weight is 465 g/mol. The minimum absolute atomic E-state index is 0.0824. The fraction of sp³-hybridized carbons (Fsp3) is 0.368. The van der Waals surface area contributed by atoms with E-state index in [-0.39, 0.29) is 23.6 Å². The monoisotopic (exact) mass is 464 g/mol. The van der Waals surface area contributed by atoms with Crippen LogP contribution in [0.15, 0.2) is 40.3 Å². The number of nitrogens with one attached hydrogen (secondary N) is 2. The molecule has 1 aliphatic rings. The Balaban J connectivity index is 1.47. The minimum Gasteiger partial charge on any atom is -0.341 e. The number of hydrogen-bond acceptors (Lipinski definition) is 5. The molecule has 0 aliphatic carbocycles. The SMILES string of the molecule is CC(NC(=O)c1cccs1)C(=O)N1CCC(C(=O)Nc2ccc(Br)cn2)CC1. The first kappa shape index (κ1) is 20.5. The Morgan fingerprint density at radius 3 is 2.61 bits per heavy atom. The van der Waals surface area contributed by atoms with Crippen LogP contribution in [0.1, 0.15) is 29.4 Å². The van der Waals surface area contributed by atoms with Crippen LogP contribution in [0, 0.1) is 5.92 Å². The number of likely N-dealkylation sites (tertiary alicyclic amines) is 1. The zero-order valence-electron chi connectivity index (χ0n) is 15.4. The van der Waals surface area contributed by atoms with Crippen molar-refractivity contribution >= 4 is 50.8 Å². The highest BCUT2D eigenvalue weighted by molar-refractivity contribution is 9.10. The Bertz CT molecular complexity index is 833. The van der Waals surface area contributed by atoms with E-state index in [1.165, 1.54) is 11.3 Å². The molecule has 2 N–H and O–H groups in total. The molecule has 0 radical (unpaired) electrons. The maximum Gasteiger partial charge on any atom is 0.261 e. The van der Waals surface area contributed by atoms with Gasteiger partial charge >= 0.3 is 0 Å². The molecule has 0 bridgehead atoms. The predicted octanol–water partition coefficient (Wildman–Crippen LogP) is 2.90. The number of amides is 3. The first-order chi connectivity index (χ1) is 13.4. The summed E-state index contributed by atoms with van der Waals surface area (Å²) in [5, 5.41) is 7.38. The van der Waals surface area contributed by atoms with E-state index in [4.69, 9.17) is 0 Å². The number of nitrogens with zero attached hydrogens (tertiary/aromatic N) is 2. The van der Waals surface area contributed by atoms with Gasteiger partial charge in [0.25, 0.3) is 5.91 Å². The van der Waals surface area contributed by atoms with Crippen LogP contribution in [0.4, 0.5) is 5.82 Å². The van der Waals surface area contributed by atoms with Gasteiger partial charge in [0.2, 0.25) is 11.8 Å². The highest BCUT2D eigenvalue weighted by atomic mass is 79.9. The normalized spacial score (nSPS) is 15.7. The molecule has 3 rings (SSSR count). The number of thiophene rings is 1. The summed E-state index contributed by atoms with van der Waals surface area (Å²) in [7, 11) is 0.